The Morgan fingerprint density at radius 2 is 1.91 bits per heavy atom. The van der Waals surface area contributed by atoms with Crippen LogP contribution in [0.15, 0.2) is 30.3 Å². The van der Waals surface area contributed by atoms with E-state index in [2.05, 4.69) is 16.7 Å². The minimum Gasteiger partial charge on any atom is -0.489 e. The lowest BCUT2D eigenvalue weighted by atomic mass is 9.87. The number of fused-ring (bicyclic) bond motifs is 1. The molecule has 0 unspecified atom stereocenters. The standard InChI is InChI=1S/C26H26Cl2N2O3/c1-15-10-16(14-29)11-23-20(15)12-18(30(23)2)13-21-22(27)8-9-24(25(21)28)33-19-6-4-17(5-7-19)26(31)32-3/h8-12,17,19H,4-7,13H2,1-3H3. The van der Waals surface area contributed by atoms with Gasteiger partial charge in [0, 0.05) is 35.1 Å². The van der Waals surface area contributed by atoms with Crippen molar-refractivity contribution in [2.45, 2.75) is 45.1 Å². The second kappa shape index (κ2) is 9.67. The highest BCUT2D eigenvalue weighted by Crippen LogP contribution is 2.38. The van der Waals surface area contributed by atoms with E-state index in [1.54, 1.807) is 0 Å². The number of carbonyl (C=O) groups excluding carboxylic acids is 1. The third kappa shape index (κ3) is 4.69. The smallest absolute Gasteiger partial charge is 0.308 e. The lowest BCUT2D eigenvalue weighted by molar-refractivity contribution is -0.147. The number of aryl methyl sites for hydroxylation is 2. The molecule has 1 heterocycles. The number of ether oxygens (including phenoxy) is 2. The van der Waals surface area contributed by atoms with Crippen molar-refractivity contribution >= 4 is 40.1 Å². The Balaban J connectivity index is 1.57. The lowest BCUT2D eigenvalue weighted by Gasteiger charge is -2.28. The maximum absolute atomic E-state index is 11.8. The third-order valence-corrected chi connectivity index (χ3v) is 7.38. The second-order valence-corrected chi connectivity index (χ2v) is 9.45. The molecule has 5 nitrogen and oxygen atoms in total. The van der Waals surface area contributed by atoms with Crippen molar-refractivity contribution in [3.05, 3.63) is 62.8 Å². The fourth-order valence-corrected chi connectivity index (χ4v) is 5.22. The molecule has 1 aliphatic rings. The summed E-state index contributed by atoms with van der Waals surface area (Å²) in [6.07, 6.45) is 3.58. The van der Waals surface area contributed by atoms with Gasteiger partial charge < -0.3 is 14.0 Å². The van der Waals surface area contributed by atoms with Gasteiger partial charge in [0.2, 0.25) is 0 Å². The van der Waals surface area contributed by atoms with E-state index in [1.165, 1.54) is 7.11 Å². The molecule has 0 saturated heterocycles. The van der Waals surface area contributed by atoms with E-state index in [-0.39, 0.29) is 18.0 Å². The first-order valence-electron chi connectivity index (χ1n) is 11.0. The summed E-state index contributed by atoms with van der Waals surface area (Å²) in [6.45, 7) is 2.01. The van der Waals surface area contributed by atoms with Gasteiger partial charge in [0.05, 0.1) is 35.8 Å². The van der Waals surface area contributed by atoms with Crippen LogP contribution in [0.1, 0.15) is 48.1 Å². The van der Waals surface area contributed by atoms with Crippen molar-refractivity contribution in [2.75, 3.05) is 7.11 Å². The first-order valence-corrected chi connectivity index (χ1v) is 11.8. The molecule has 1 saturated carbocycles. The number of nitrogens with zero attached hydrogens (tertiary/aromatic N) is 2. The van der Waals surface area contributed by atoms with Crippen molar-refractivity contribution in [2.24, 2.45) is 13.0 Å². The second-order valence-electron chi connectivity index (χ2n) is 8.66. The number of rotatable bonds is 5. The first kappa shape index (κ1) is 23.5. The van der Waals surface area contributed by atoms with E-state index in [9.17, 15) is 10.1 Å². The van der Waals surface area contributed by atoms with E-state index in [1.807, 2.05) is 38.2 Å². The Labute approximate surface area is 203 Å². The van der Waals surface area contributed by atoms with Crippen LogP contribution in [0.4, 0.5) is 0 Å². The average Bonchev–Trinajstić information content (AvgIpc) is 3.14. The quantitative estimate of drug-likeness (QED) is 0.394. The molecule has 1 aromatic heterocycles. The van der Waals surface area contributed by atoms with Crippen LogP contribution in [-0.2, 0) is 23.0 Å². The van der Waals surface area contributed by atoms with E-state index < -0.39 is 0 Å². The van der Waals surface area contributed by atoms with Crippen LogP contribution >= 0.6 is 23.2 Å². The fraction of sp³-hybridized carbons (Fsp3) is 0.385. The van der Waals surface area contributed by atoms with Gasteiger partial charge in [0.15, 0.2) is 0 Å². The number of hydrogen-bond acceptors (Lipinski definition) is 4. The molecule has 1 fully saturated rings. The summed E-state index contributed by atoms with van der Waals surface area (Å²) < 4.78 is 13.2. The summed E-state index contributed by atoms with van der Waals surface area (Å²) in [5.41, 5.74) is 4.55. The topological polar surface area (TPSA) is 64.2 Å². The normalized spacial score (nSPS) is 18.2. The van der Waals surface area contributed by atoms with E-state index in [0.29, 0.717) is 27.8 Å². The molecule has 0 N–H and O–H groups in total. The molecule has 172 valence electrons. The molecule has 0 radical (unpaired) electrons. The Morgan fingerprint density at radius 3 is 2.58 bits per heavy atom. The zero-order valence-corrected chi connectivity index (χ0v) is 20.5. The molecule has 3 aromatic rings. The molecule has 0 atom stereocenters. The monoisotopic (exact) mass is 484 g/mol. The molecule has 7 heteroatoms. The van der Waals surface area contributed by atoms with Gasteiger partial charge in [-0.1, -0.05) is 23.2 Å². The van der Waals surface area contributed by atoms with Crippen LogP contribution in [-0.4, -0.2) is 23.8 Å². The highest BCUT2D eigenvalue weighted by molar-refractivity contribution is 6.37. The molecule has 33 heavy (non-hydrogen) atoms. The van der Waals surface area contributed by atoms with Gasteiger partial charge in [0.25, 0.3) is 0 Å². The summed E-state index contributed by atoms with van der Waals surface area (Å²) in [7, 11) is 3.42. The van der Waals surface area contributed by atoms with Crippen molar-refractivity contribution in [3.8, 4) is 11.8 Å². The van der Waals surface area contributed by atoms with Gasteiger partial charge in [-0.3, -0.25) is 4.79 Å². The molecule has 0 spiro atoms. The molecule has 0 aliphatic heterocycles. The fourth-order valence-electron chi connectivity index (χ4n) is 4.67. The Hall–Kier alpha value is -2.68. The molecule has 4 rings (SSSR count). The van der Waals surface area contributed by atoms with Crippen LogP contribution in [0.5, 0.6) is 5.75 Å². The number of nitriles is 1. The zero-order valence-electron chi connectivity index (χ0n) is 19.0. The molecule has 0 bridgehead atoms. The third-order valence-electron chi connectivity index (χ3n) is 6.61. The van der Waals surface area contributed by atoms with Gasteiger partial charge in [-0.05, 0) is 74.1 Å². The van der Waals surface area contributed by atoms with Crippen LogP contribution in [0.25, 0.3) is 10.9 Å². The van der Waals surface area contributed by atoms with Crippen molar-refractivity contribution < 1.29 is 14.3 Å². The molecular formula is C26H26Cl2N2O3. The van der Waals surface area contributed by atoms with Crippen molar-refractivity contribution in [3.63, 3.8) is 0 Å². The molecule has 0 amide bonds. The van der Waals surface area contributed by atoms with Gasteiger partial charge in [0.1, 0.15) is 5.75 Å². The molecular weight excluding hydrogens is 459 g/mol. The van der Waals surface area contributed by atoms with Crippen LogP contribution in [0.3, 0.4) is 0 Å². The summed E-state index contributed by atoms with van der Waals surface area (Å²) in [4.78, 5) is 11.8. The Bertz CT molecular complexity index is 1250. The van der Waals surface area contributed by atoms with Crippen LogP contribution < -0.4 is 4.74 Å². The van der Waals surface area contributed by atoms with E-state index >= 15 is 0 Å². The Kier molecular flexibility index (Phi) is 6.88. The average molecular weight is 485 g/mol. The van der Waals surface area contributed by atoms with Crippen LogP contribution in [0, 0.1) is 24.2 Å². The van der Waals surface area contributed by atoms with Crippen LogP contribution in [0.2, 0.25) is 10.0 Å². The lowest BCUT2D eigenvalue weighted by Crippen LogP contribution is -2.28. The highest BCUT2D eigenvalue weighted by atomic mass is 35.5. The van der Waals surface area contributed by atoms with Gasteiger partial charge in [-0.15, -0.1) is 0 Å². The number of carbonyl (C=O) groups is 1. The molecule has 1 aliphatic carbocycles. The number of aromatic nitrogens is 1. The van der Waals surface area contributed by atoms with Crippen molar-refractivity contribution in [1.29, 1.82) is 5.26 Å². The maximum atomic E-state index is 11.8. The Morgan fingerprint density at radius 1 is 1.18 bits per heavy atom. The highest BCUT2D eigenvalue weighted by Gasteiger charge is 2.28. The number of methoxy groups -OCH3 is 1. The SMILES string of the molecule is COC(=O)C1CCC(Oc2ccc(Cl)c(Cc3cc4c(C)cc(C#N)cc4n3C)c2Cl)CC1. The summed E-state index contributed by atoms with van der Waals surface area (Å²) in [5.74, 6) is 0.411. The first-order chi connectivity index (χ1) is 15.8. The summed E-state index contributed by atoms with van der Waals surface area (Å²) in [6, 6.07) is 11.8. The van der Waals surface area contributed by atoms with E-state index in [4.69, 9.17) is 32.7 Å². The van der Waals surface area contributed by atoms with Gasteiger partial charge in [-0.25, -0.2) is 0 Å². The number of hydrogen-bond donors (Lipinski definition) is 0. The number of esters is 1. The maximum Gasteiger partial charge on any atom is 0.308 e. The van der Waals surface area contributed by atoms with Gasteiger partial charge in [-0.2, -0.15) is 5.26 Å². The predicted octanol–water partition coefficient (Wildman–Crippen LogP) is 6.37. The minimum absolute atomic E-state index is 0.00195. The zero-order chi connectivity index (χ0) is 23.7. The van der Waals surface area contributed by atoms with E-state index in [0.717, 1.165) is 53.4 Å². The minimum atomic E-state index is -0.146. The summed E-state index contributed by atoms with van der Waals surface area (Å²) in [5, 5.41) is 11.5. The number of halogens is 2. The largest absolute Gasteiger partial charge is 0.489 e. The molecule has 2 aromatic carbocycles. The predicted molar refractivity (Wildman–Crippen MR) is 130 cm³/mol. The number of benzene rings is 2. The van der Waals surface area contributed by atoms with Gasteiger partial charge >= 0.3 is 5.97 Å². The van der Waals surface area contributed by atoms with Crippen molar-refractivity contribution in [1.82, 2.24) is 4.57 Å². The summed E-state index contributed by atoms with van der Waals surface area (Å²) >= 11 is 13.3.